The molecule has 0 aliphatic carbocycles. The van der Waals surface area contributed by atoms with E-state index in [-0.39, 0.29) is 5.75 Å². The summed E-state index contributed by atoms with van der Waals surface area (Å²) in [5, 5.41) is 7.53. The molecule has 0 atom stereocenters. The van der Waals surface area contributed by atoms with Gasteiger partial charge in [-0.05, 0) is 0 Å². The summed E-state index contributed by atoms with van der Waals surface area (Å²) in [6.45, 7) is 1.50. The third-order valence-corrected chi connectivity index (χ3v) is 1.66. The minimum atomic E-state index is -3.31. The van der Waals surface area contributed by atoms with Crippen LogP contribution in [0.15, 0.2) is 0 Å². The Morgan fingerprint density at radius 1 is 1.30 bits per heavy atom. The number of hydrogen-bond donors (Lipinski definition) is 3. The summed E-state index contributed by atoms with van der Waals surface area (Å²) in [7, 11) is -3.31. The fraction of sp³-hybridized carbons (Fsp3) is 1.00. The van der Waals surface area contributed by atoms with Crippen LogP contribution in [0, 0.1) is 0 Å². The van der Waals surface area contributed by atoms with Gasteiger partial charge in [-0.1, -0.05) is 0 Å². The first-order valence-corrected chi connectivity index (χ1v) is 4.69. The largest absolute Gasteiger partial charge is 0.329 e. The van der Waals surface area contributed by atoms with Crippen LogP contribution in [0.25, 0.3) is 0 Å². The Morgan fingerprint density at radius 3 is 2.30 bits per heavy atom. The first kappa shape index (κ1) is 9.83. The Balaban J connectivity index is 3.21. The summed E-state index contributed by atoms with van der Waals surface area (Å²) in [6, 6.07) is 0. The zero-order valence-electron chi connectivity index (χ0n) is 5.71. The van der Waals surface area contributed by atoms with Crippen molar-refractivity contribution in [3.63, 3.8) is 0 Å². The van der Waals surface area contributed by atoms with Crippen molar-refractivity contribution in [2.24, 2.45) is 10.9 Å². The smallest absolute Gasteiger partial charge is 0.210 e. The summed E-state index contributed by atoms with van der Waals surface area (Å²) in [6.07, 6.45) is 0. The molecular formula is C4H13N3O2S. The third-order valence-electron chi connectivity index (χ3n) is 0.884. The zero-order valence-corrected chi connectivity index (χ0v) is 6.52. The maximum absolute atomic E-state index is 10.3. The van der Waals surface area contributed by atoms with E-state index in [9.17, 15) is 8.42 Å². The first-order chi connectivity index (χ1) is 4.56. The zero-order chi connectivity index (χ0) is 8.04. The molecule has 0 aliphatic rings. The Labute approximate surface area is 60.8 Å². The van der Waals surface area contributed by atoms with E-state index in [0.717, 1.165) is 0 Å². The molecule has 0 aliphatic heterocycles. The highest BCUT2D eigenvalue weighted by Gasteiger charge is 1.99. The molecule has 0 rings (SSSR count). The van der Waals surface area contributed by atoms with Gasteiger partial charge in [0.15, 0.2) is 0 Å². The molecule has 0 saturated carbocycles. The maximum Gasteiger partial charge on any atom is 0.210 e. The quantitative estimate of drug-likeness (QED) is 0.405. The van der Waals surface area contributed by atoms with Crippen LogP contribution in [-0.2, 0) is 10.0 Å². The van der Waals surface area contributed by atoms with Crippen molar-refractivity contribution < 1.29 is 8.42 Å². The Bertz CT molecular complexity index is 165. The van der Waals surface area contributed by atoms with Gasteiger partial charge in [-0.25, -0.2) is 13.6 Å². The van der Waals surface area contributed by atoms with Gasteiger partial charge in [-0.3, -0.25) is 0 Å². The average Bonchev–Trinajstić information content (AvgIpc) is 1.78. The number of nitrogens with one attached hydrogen (secondary N) is 1. The molecule has 0 bridgehead atoms. The van der Waals surface area contributed by atoms with Crippen molar-refractivity contribution in [1.29, 1.82) is 0 Å². The SMILES string of the molecule is NCCNCCS(N)(=O)=O. The molecule has 0 aromatic heterocycles. The molecule has 0 fully saturated rings. The van der Waals surface area contributed by atoms with Crippen LogP contribution in [0.5, 0.6) is 0 Å². The van der Waals surface area contributed by atoms with Crippen molar-refractivity contribution in [3.8, 4) is 0 Å². The van der Waals surface area contributed by atoms with Crippen molar-refractivity contribution in [2.75, 3.05) is 25.4 Å². The van der Waals surface area contributed by atoms with Crippen LogP contribution in [0.1, 0.15) is 0 Å². The molecule has 5 nitrogen and oxygen atoms in total. The summed E-state index contributed by atoms with van der Waals surface area (Å²) in [5.41, 5.74) is 5.14. The lowest BCUT2D eigenvalue weighted by Gasteiger charge is -1.99. The predicted octanol–water partition coefficient (Wildman–Crippen LogP) is -2.18. The molecule has 0 aromatic carbocycles. The number of hydrogen-bond acceptors (Lipinski definition) is 4. The standard InChI is InChI=1S/C4H13N3O2S/c5-1-2-7-3-4-10(6,8)9/h7H,1-5H2,(H2,6,8,9). The van der Waals surface area contributed by atoms with Gasteiger partial charge in [-0.15, -0.1) is 0 Å². The van der Waals surface area contributed by atoms with Crippen molar-refractivity contribution >= 4 is 10.0 Å². The van der Waals surface area contributed by atoms with E-state index < -0.39 is 10.0 Å². The molecular weight excluding hydrogens is 154 g/mol. The van der Waals surface area contributed by atoms with E-state index >= 15 is 0 Å². The van der Waals surface area contributed by atoms with E-state index in [2.05, 4.69) is 5.32 Å². The topological polar surface area (TPSA) is 98.2 Å². The number of nitrogens with two attached hydrogens (primary N) is 2. The highest BCUT2D eigenvalue weighted by atomic mass is 32.2. The van der Waals surface area contributed by atoms with Crippen LogP contribution >= 0.6 is 0 Å². The lowest BCUT2D eigenvalue weighted by Crippen LogP contribution is -2.30. The molecule has 6 heteroatoms. The van der Waals surface area contributed by atoms with Crippen LogP contribution in [-0.4, -0.2) is 33.8 Å². The van der Waals surface area contributed by atoms with Gasteiger partial charge >= 0.3 is 0 Å². The summed E-state index contributed by atoms with van der Waals surface area (Å²) < 4.78 is 20.6. The Morgan fingerprint density at radius 2 is 1.90 bits per heavy atom. The van der Waals surface area contributed by atoms with E-state index in [1.165, 1.54) is 0 Å². The fourth-order valence-corrected chi connectivity index (χ4v) is 0.870. The van der Waals surface area contributed by atoms with Gasteiger partial charge in [0.1, 0.15) is 0 Å². The van der Waals surface area contributed by atoms with E-state index in [0.29, 0.717) is 19.6 Å². The first-order valence-electron chi connectivity index (χ1n) is 2.97. The second-order valence-electron chi connectivity index (χ2n) is 1.91. The molecule has 5 N–H and O–H groups in total. The lowest BCUT2D eigenvalue weighted by atomic mass is 10.6. The number of primary sulfonamides is 1. The second kappa shape index (κ2) is 4.62. The average molecular weight is 167 g/mol. The highest BCUT2D eigenvalue weighted by Crippen LogP contribution is 1.72. The second-order valence-corrected chi connectivity index (χ2v) is 3.64. The van der Waals surface area contributed by atoms with Crippen molar-refractivity contribution in [2.45, 2.75) is 0 Å². The van der Waals surface area contributed by atoms with Crippen LogP contribution in [0.3, 0.4) is 0 Å². The number of rotatable bonds is 5. The maximum atomic E-state index is 10.3. The van der Waals surface area contributed by atoms with E-state index in [1.807, 2.05) is 0 Å². The molecule has 0 spiro atoms. The number of sulfonamides is 1. The van der Waals surface area contributed by atoms with Gasteiger partial charge in [0.2, 0.25) is 10.0 Å². The Hall–Kier alpha value is -0.170. The molecule has 0 unspecified atom stereocenters. The minimum absolute atomic E-state index is 0.0347. The molecule has 0 radical (unpaired) electrons. The van der Waals surface area contributed by atoms with Gasteiger partial charge in [0.05, 0.1) is 5.75 Å². The van der Waals surface area contributed by atoms with Crippen molar-refractivity contribution in [3.05, 3.63) is 0 Å². The molecule has 0 saturated heterocycles. The molecule has 10 heavy (non-hydrogen) atoms. The van der Waals surface area contributed by atoms with Crippen LogP contribution in [0.4, 0.5) is 0 Å². The highest BCUT2D eigenvalue weighted by molar-refractivity contribution is 7.89. The normalized spacial score (nSPS) is 11.8. The van der Waals surface area contributed by atoms with Crippen LogP contribution < -0.4 is 16.2 Å². The summed E-state index contributed by atoms with van der Waals surface area (Å²) in [5.74, 6) is -0.0347. The molecule has 0 aromatic rings. The van der Waals surface area contributed by atoms with Gasteiger partial charge in [0.25, 0.3) is 0 Å². The van der Waals surface area contributed by atoms with E-state index in [4.69, 9.17) is 10.9 Å². The lowest BCUT2D eigenvalue weighted by molar-refractivity contribution is 0.593. The third kappa shape index (κ3) is 7.83. The van der Waals surface area contributed by atoms with Gasteiger partial charge < -0.3 is 11.1 Å². The minimum Gasteiger partial charge on any atom is -0.329 e. The predicted molar refractivity (Wildman–Crippen MR) is 39.9 cm³/mol. The summed E-state index contributed by atoms with van der Waals surface area (Å²) in [4.78, 5) is 0. The van der Waals surface area contributed by atoms with E-state index in [1.54, 1.807) is 0 Å². The fourth-order valence-electron chi connectivity index (χ4n) is 0.441. The van der Waals surface area contributed by atoms with Gasteiger partial charge in [-0.2, -0.15) is 0 Å². The Kier molecular flexibility index (Phi) is 4.54. The van der Waals surface area contributed by atoms with Gasteiger partial charge in [0, 0.05) is 19.6 Å². The molecule has 0 amide bonds. The molecule has 0 heterocycles. The van der Waals surface area contributed by atoms with Crippen molar-refractivity contribution in [1.82, 2.24) is 5.32 Å². The monoisotopic (exact) mass is 167 g/mol. The van der Waals surface area contributed by atoms with Crippen LogP contribution in [0.2, 0.25) is 0 Å². The molecule has 62 valence electrons. The summed E-state index contributed by atoms with van der Waals surface area (Å²) >= 11 is 0.